The normalized spacial score (nSPS) is 11.8. The van der Waals surface area contributed by atoms with E-state index < -0.39 is 15.8 Å². The first-order chi connectivity index (χ1) is 11.3. The van der Waals surface area contributed by atoms with Gasteiger partial charge in [0.15, 0.2) is 9.84 Å². The number of thiophene rings is 1. The fraction of sp³-hybridized carbons (Fsp3) is 0.118. The maximum atomic E-state index is 12.8. The number of carboxylic acids is 1. The largest absolute Gasteiger partial charge is 0.478 e. The first-order valence-electron chi connectivity index (χ1n) is 7.01. The molecule has 124 valence electrons. The summed E-state index contributed by atoms with van der Waals surface area (Å²) in [6.45, 7) is 1.80. The minimum absolute atomic E-state index is 0.0830. The van der Waals surface area contributed by atoms with Crippen molar-refractivity contribution in [1.82, 2.24) is 0 Å². The SMILES string of the molecule is Cc1c(S(=O)(=O)Cc2cccc(C(=O)O)c2)sc2ccc(Br)cc12. The van der Waals surface area contributed by atoms with Crippen molar-refractivity contribution < 1.29 is 18.3 Å². The van der Waals surface area contributed by atoms with Crippen LogP contribution in [0.15, 0.2) is 51.1 Å². The molecule has 0 aliphatic rings. The van der Waals surface area contributed by atoms with Crippen LogP contribution in [-0.4, -0.2) is 19.5 Å². The fourth-order valence-corrected chi connectivity index (χ4v) is 6.11. The van der Waals surface area contributed by atoms with Crippen molar-refractivity contribution >= 4 is 53.2 Å². The number of carbonyl (C=O) groups is 1. The summed E-state index contributed by atoms with van der Waals surface area (Å²) in [5, 5.41) is 9.95. The molecule has 0 amide bonds. The van der Waals surface area contributed by atoms with Crippen LogP contribution < -0.4 is 0 Å². The molecule has 0 spiro atoms. The van der Waals surface area contributed by atoms with Crippen LogP contribution in [-0.2, 0) is 15.6 Å². The van der Waals surface area contributed by atoms with Crippen molar-refractivity contribution in [3.63, 3.8) is 0 Å². The molecule has 0 fully saturated rings. The number of sulfone groups is 1. The quantitative estimate of drug-likeness (QED) is 0.661. The molecule has 0 aliphatic carbocycles. The summed E-state index contributed by atoms with van der Waals surface area (Å²) < 4.78 is 27.8. The Bertz CT molecular complexity index is 1050. The van der Waals surface area contributed by atoms with Crippen LogP contribution in [0, 0.1) is 6.92 Å². The molecule has 4 nitrogen and oxygen atoms in total. The smallest absolute Gasteiger partial charge is 0.335 e. The third kappa shape index (κ3) is 3.24. The Morgan fingerprint density at radius 1 is 1.21 bits per heavy atom. The van der Waals surface area contributed by atoms with Crippen LogP contribution in [0.25, 0.3) is 10.1 Å². The summed E-state index contributed by atoms with van der Waals surface area (Å²) in [6.07, 6.45) is 0. The molecule has 0 saturated heterocycles. The molecule has 3 rings (SSSR count). The predicted molar refractivity (Wildman–Crippen MR) is 98.6 cm³/mol. The van der Waals surface area contributed by atoms with Crippen LogP contribution >= 0.6 is 27.3 Å². The highest BCUT2D eigenvalue weighted by molar-refractivity contribution is 9.10. The third-order valence-electron chi connectivity index (χ3n) is 3.67. The topological polar surface area (TPSA) is 71.4 Å². The lowest BCUT2D eigenvalue weighted by Crippen LogP contribution is -2.06. The Kier molecular flexibility index (Phi) is 4.50. The van der Waals surface area contributed by atoms with Crippen LogP contribution in [0.3, 0.4) is 0 Å². The molecule has 24 heavy (non-hydrogen) atoms. The number of halogens is 1. The van der Waals surface area contributed by atoms with Gasteiger partial charge in [-0.1, -0.05) is 28.1 Å². The van der Waals surface area contributed by atoms with Gasteiger partial charge in [-0.25, -0.2) is 13.2 Å². The maximum Gasteiger partial charge on any atom is 0.335 e. The summed E-state index contributed by atoms with van der Waals surface area (Å²) in [6, 6.07) is 11.7. The van der Waals surface area contributed by atoms with E-state index >= 15 is 0 Å². The lowest BCUT2D eigenvalue weighted by atomic mass is 10.1. The molecule has 1 heterocycles. The summed E-state index contributed by atoms with van der Waals surface area (Å²) in [4.78, 5) is 11.0. The van der Waals surface area contributed by atoms with Crippen molar-refractivity contribution in [2.24, 2.45) is 0 Å². The molecule has 0 unspecified atom stereocenters. The van der Waals surface area contributed by atoms with E-state index in [1.807, 2.05) is 18.2 Å². The summed E-state index contributed by atoms with van der Waals surface area (Å²) in [5.41, 5.74) is 1.28. The third-order valence-corrected chi connectivity index (χ3v) is 7.82. The van der Waals surface area contributed by atoms with Crippen LogP contribution in [0.5, 0.6) is 0 Å². The van der Waals surface area contributed by atoms with Gasteiger partial charge in [0.05, 0.1) is 11.3 Å². The van der Waals surface area contributed by atoms with Gasteiger partial charge in [-0.3, -0.25) is 0 Å². The van der Waals surface area contributed by atoms with Gasteiger partial charge in [0, 0.05) is 9.17 Å². The lowest BCUT2D eigenvalue weighted by Gasteiger charge is -2.05. The van der Waals surface area contributed by atoms with E-state index in [2.05, 4.69) is 15.9 Å². The van der Waals surface area contributed by atoms with Gasteiger partial charge in [-0.15, -0.1) is 11.3 Å². The number of aryl methyl sites for hydroxylation is 1. The highest BCUT2D eigenvalue weighted by Gasteiger charge is 2.22. The van der Waals surface area contributed by atoms with Gasteiger partial charge in [0.1, 0.15) is 4.21 Å². The average Bonchev–Trinajstić information content (AvgIpc) is 2.85. The number of carboxylic acid groups (broad SMARTS) is 1. The van der Waals surface area contributed by atoms with Crippen LogP contribution in [0.4, 0.5) is 0 Å². The first kappa shape index (κ1) is 17.1. The zero-order valence-electron chi connectivity index (χ0n) is 12.6. The number of rotatable bonds is 4. The van der Waals surface area contributed by atoms with E-state index in [4.69, 9.17) is 5.11 Å². The van der Waals surface area contributed by atoms with E-state index in [1.54, 1.807) is 19.1 Å². The van der Waals surface area contributed by atoms with Crippen LogP contribution in [0.1, 0.15) is 21.5 Å². The predicted octanol–water partition coefficient (Wildman–Crippen LogP) is 4.64. The zero-order chi connectivity index (χ0) is 17.5. The van der Waals surface area contributed by atoms with Crippen LogP contribution in [0.2, 0.25) is 0 Å². The minimum Gasteiger partial charge on any atom is -0.478 e. The van der Waals surface area contributed by atoms with Gasteiger partial charge in [-0.2, -0.15) is 0 Å². The standard InChI is InChI=1S/C17H13BrO4S2/c1-10-14-8-13(18)5-6-15(14)23-17(10)24(21,22)9-11-3-2-4-12(7-11)16(19)20/h2-8H,9H2,1H3,(H,19,20). The molecule has 0 saturated carbocycles. The molecule has 0 bridgehead atoms. The minimum atomic E-state index is -3.55. The summed E-state index contributed by atoms with van der Waals surface area (Å²) in [5.74, 6) is -1.29. The van der Waals surface area contributed by atoms with Crippen molar-refractivity contribution in [2.75, 3.05) is 0 Å². The molecular formula is C17H13BrO4S2. The van der Waals surface area contributed by atoms with E-state index in [9.17, 15) is 13.2 Å². The van der Waals surface area contributed by atoms with Crippen molar-refractivity contribution in [3.8, 4) is 0 Å². The number of fused-ring (bicyclic) bond motifs is 1. The fourth-order valence-electron chi connectivity index (χ4n) is 2.55. The van der Waals surface area contributed by atoms with Gasteiger partial charge >= 0.3 is 5.97 Å². The average molecular weight is 425 g/mol. The Hall–Kier alpha value is -1.70. The summed E-state index contributed by atoms with van der Waals surface area (Å²) in [7, 11) is -3.55. The zero-order valence-corrected chi connectivity index (χ0v) is 15.8. The molecule has 7 heteroatoms. The van der Waals surface area contributed by atoms with Gasteiger partial charge in [0.25, 0.3) is 0 Å². The first-order valence-corrected chi connectivity index (χ1v) is 10.3. The second-order valence-corrected chi connectivity index (χ2v) is 9.57. The Labute approximate surface area is 151 Å². The van der Waals surface area contributed by atoms with Crippen molar-refractivity contribution in [3.05, 3.63) is 63.6 Å². The monoisotopic (exact) mass is 424 g/mol. The number of aromatic carboxylic acids is 1. The van der Waals surface area contributed by atoms with Gasteiger partial charge < -0.3 is 5.11 Å². The van der Waals surface area contributed by atoms with E-state index in [-0.39, 0.29) is 11.3 Å². The molecule has 1 aromatic heterocycles. The number of benzene rings is 2. The molecule has 0 aliphatic heterocycles. The van der Waals surface area contributed by atoms with E-state index in [0.29, 0.717) is 9.77 Å². The molecule has 3 aromatic rings. The molecule has 2 aromatic carbocycles. The number of hydrogen-bond acceptors (Lipinski definition) is 4. The molecular weight excluding hydrogens is 412 g/mol. The summed E-state index contributed by atoms with van der Waals surface area (Å²) >= 11 is 4.65. The second-order valence-electron chi connectivity index (χ2n) is 5.42. The van der Waals surface area contributed by atoms with E-state index in [0.717, 1.165) is 20.1 Å². The Morgan fingerprint density at radius 2 is 1.96 bits per heavy atom. The second kappa shape index (κ2) is 6.31. The van der Waals surface area contributed by atoms with Crippen molar-refractivity contribution in [2.45, 2.75) is 16.9 Å². The molecule has 0 atom stereocenters. The van der Waals surface area contributed by atoms with E-state index in [1.165, 1.54) is 23.5 Å². The molecule has 1 N–H and O–H groups in total. The maximum absolute atomic E-state index is 12.8. The highest BCUT2D eigenvalue weighted by atomic mass is 79.9. The van der Waals surface area contributed by atoms with Gasteiger partial charge in [0.2, 0.25) is 0 Å². The number of hydrogen-bond donors (Lipinski definition) is 1. The van der Waals surface area contributed by atoms with Crippen molar-refractivity contribution in [1.29, 1.82) is 0 Å². The molecule has 0 radical (unpaired) electrons. The van der Waals surface area contributed by atoms with Gasteiger partial charge in [-0.05, 0) is 53.8 Å². The highest BCUT2D eigenvalue weighted by Crippen LogP contribution is 2.36. The Morgan fingerprint density at radius 3 is 2.67 bits per heavy atom. The lowest BCUT2D eigenvalue weighted by molar-refractivity contribution is 0.0696. The Balaban J connectivity index is 2.04.